The van der Waals surface area contributed by atoms with Crippen LogP contribution >= 0.6 is 11.6 Å². The van der Waals surface area contributed by atoms with E-state index in [1.165, 1.54) is 0 Å². The number of fused-ring (bicyclic) bond motifs is 1. The molecule has 0 spiro atoms. The second-order valence-electron chi connectivity index (χ2n) is 5.59. The summed E-state index contributed by atoms with van der Waals surface area (Å²) in [5.41, 5.74) is 0.940. The Labute approximate surface area is 140 Å². The quantitative estimate of drug-likeness (QED) is 0.932. The molecule has 0 aliphatic carbocycles. The van der Waals surface area contributed by atoms with Crippen molar-refractivity contribution in [2.24, 2.45) is 0 Å². The van der Waals surface area contributed by atoms with Gasteiger partial charge in [-0.25, -0.2) is 0 Å². The van der Waals surface area contributed by atoms with Gasteiger partial charge in [0.25, 0.3) is 5.91 Å². The largest absolute Gasteiger partial charge is 0.482 e. The molecule has 2 aromatic rings. The first kappa shape index (κ1) is 15.7. The molecule has 1 aliphatic heterocycles. The van der Waals surface area contributed by atoms with Gasteiger partial charge < -0.3 is 14.8 Å². The van der Waals surface area contributed by atoms with Crippen LogP contribution in [0.25, 0.3) is 0 Å². The molecule has 0 aromatic heterocycles. The molecule has 1 heterocycles. The predicted molar refractivity (Wildman–Crippen MR) is 89.0 cm³/mol. The maximum Gasteiger partial charge on any atom is 0.265 e. The number of carbonyl (C=O) groups excluding carboxylic acids is 1. The smallest absolute Gasteiger partial charge is 0.265 e. The first-order valence-electron chi connectivity index (χ1n) is 7.53. The van der Waals surface area contributed by atoms with Crippen LogP contribution in [-0.2, 0) is 4.79 Å². The van der Waals surface area contributed by atoms with E-state index in [1.807, 2.05) is 50.2 Å². The maximum absolute atomic E-state index is 12.5. The molecule has 23 heavy (non-hydrogen) atoms. The van der Waals surface area contributed by atoms with E-state index in [-0.39, 0.29) is 18.1 Å². The van der Waals surface area contributed by atoms with Crippen LogP contribution in [0.4, 0.5) is 0 Å². The van der Waals surface area contributed by atoms with Crippen LogP contribution in [0.5, 0.6) is 11.5 Å². The van der Waals surface area contributed by atoms with Crippen molar-refractivity contribution >= 4 is 17.5 Å². The highest BCUT2D eigenvalue weighted by Gasteiger charge is 2.34. The number of halogens is 1. The Kier molecular flexibility index (Phi) is 4.44. The topological polar surface area (TPSA) is 47.6 Å². The standard InChI is InChI=1S/C18H18ClNO3/c1-11(13-6-5-7-14(19)10-13)20-18(21)17-12(2)22-15-8-3-4-9-16(15)23-17/h3-12,17H,1-2H3,(H,20,21). The van der Waals surface area contributed by atoms with Gasteiger partial charge in [-0.2, -0.15) is 0 Å². The molecular formula is C18H18ClNO3. The maximum atomic E-state index is 12.5. The van der Waals surface area contributed by atoms with E-state index in [9.17, 15) is 4.79 Å². The van der Waals surface area contributed by atoms with Crippen LogP contribution in [0.2, 0.25) is 5.02 Å². The van der Waals surface area contributed by atoms with E-state index < -0.39 is 6.10 Å². The Hall–Kier alpha value is -2.20. The summed E-state index contributed by atoms with van der Waals surface area (Å²) in [4.78, 5) is 12.5. The van der Waals surface area contributed by atoms with Crippen molar-refractivity contribution in [3.05, 3.63) is 59.1 Å². The van der Waals surface area contributed by atoms with Gasteiger partial charge in [-0.1, -0.05) is 35.9 Å². The predicted octanol–water partition coefficient (Wildman–Crippen LogP) is 3.75. The molecule has 1 amide bonds. The Morgan fingerprint density at radius 3 is 2.52 bits per heavy atom. The molecule has 0 saturated carbocycles. The van der Waals surface area contributed by atoms with Crippen LogP contribution in [0, 0.1) is 0 Å². The average Bonchev–Trinajstić information content (AvgIpc) is 2.54. The van der Waals surface area contributed by atoms with Crippen LogP contribution in [0.15, 0.2) is 48.5 Å². The van der Waals surface area contributed by atoms with Crippen molar-refractivity contribution < 1.29 is 14.3 Å². The highest BCUT2D eigenvalue weighted by atomic mass is 35.5. The molecule has 1 aliphatic rings. The van der Waals surface area contributed by atoms with E-state index in [4.69, 9.17) is 21.1 Å². The zero-order chi connectivity index (χ0) is 16.4. The number of para-hydroxylation sites is 2. The number of ether oxygens (including phenoxy) is 2. The zero-order valence-electron chi connectivity index (χ0n) is 13.0. The second-order valence-corrected chi connectivity index (χ2v) is 6.03. The lowest BCUT2D eigenvalue weighted by Gasteiger charge is -2.31. The van der Waals surface area contributed by atoms with Gasteiger partial charge in [-0.15, -0.1) is 0 Å². The second kappa shape index (κ2) is 6.50. The van der Waals surface area contributed by atoms with Crippen molar-refractivity contribution in [2.45, 2.75) is 32.1 Å². The molecule has 2 aromatic carbocycles. The zero-order valence-corrected chi connectivity index (χ0v) is 13.7. The van der Waals surface area contributed by atoms with Gasteiger partial charge in [0.15, 0.2) is 11.5 Å². The molecule has 0 bridgehead atoms. The molecule has 3 unspecified atom stereocenters. The molecule has 5 heteroatoms. The van der Waals surface area contributed by atoms with E-state index in [2.05, 4.69) is 5.32 Å². The van der Waals surface area contributed by atoms with Crippen molar-refractivity contribution in [1.29, 1.82) is 0 Å². The number of rotatable bonds is 3. The molecule has 1 N–H and O–H groups in total. The van der Waals surface area contributed by atoms with E-state index in [0.29, 0.717) is 16.5 Å². The molecule has 0 saturated heterocycles. The Bertz CT molecular complexity index is 719. The number of amides is 1. The SMILES string of the molecule is CC(NC(=O)C1Oc2ccccc2OC1C)c1cccc(Cl)c1. The van der Waals surface area contributed by atoms with Gasteiger partial charge in [0, 0.05) is 5.02 Å². The first-order valence-corrected chi connectivity index (χ1v) is 7.90. The number of nitrogens with one attached hydrogen (secondary N) is 1. The average molecular weight is 332 g/mol. The van der Waals surface area contributed by atoms with Gasteiger partial charge in [0.2, 0.25) is 6.10 Å². The first-order chi connectivity index (χ1) is 11.0. The van der Waals surface area contributed by atoms with Gasteiger partial charge in [-0.05, 0) is 43.7 Å². The fourth-order valence-corrected chi connectivity index (χ4v) is 2.76. The molecule has 0 fully saturated rings. The van der Waals surface area contributed by atoms with Gasteiger partial charge in [-0.3, -0.25) is 4.79 Å². The third kappa shape index (κ3) is 3.42. The van der Waals surface area contributed by atoms with Crippen LogP contribution in [-0.4, -0.2) is 18.1 Å². The number of hydrogen-bond acceptors (Lipinski definition) is 3. The lowest BCUT2D eigenvalue weighted by Crippen LogP contribution is -2.49. The highest BCUT2D eigenvalue weighted by Crippen LogP contribution is 2.33. The fourth-order valence-electron chi connectivity index (χ4n) is 2.56. The summed E-state index contributed by atoms with van der Waals surface area (Å²) in [6, 6.07) is 14.6. The van der Waals surface area contributed by atoms with Crippen molar-refractivity contribution in [1.82, 2.24) is 5.32 Å². The van der Waals surface area contributed by atoms with Crippen LogP contribution in [0.3, 0.4) is 0 Å². The molecular weight excluding hydrogens is 314 g/mol. The van der Waals surface area contributed by atoms with E-state index in [1.54, 1.807) is 12.1 Å². The summed E-state index contributed by atoms with van der Waals surface area (Å²) in [6.07, 6.45) is -1.05. The lowest BCUT2D eigenvalue weighted by atomic mass is 10.1. The minimum Gasteiger partial charge on any atom is -0.482 e. The summed E-state index contributed by atoms with van der Waals surface area (Å²) in [6.45, 7) is 3.73. The third-order valence-electron chi connectivity index (χ3n) is 3.81. The van der Waals surface area contributed by atoms with Gasteiger partial charge in [0.05, 0.1) is 6.04 Å². The summed E-state index contributed by atoms with van der Waals surface area (Å²) < 4.78 is 11.6. The van der Waals surface area contributed by atoms with Gasteiger partial charge >= 0.3 is 0 Å². The highest BCUT2D eigenvalue weighted by molar-refractivity contribution is 6.30. The molecule has 3 atom stereocenters. The van der Waals surface area contributed by atoms with Gasteiger partial charge in [0.1, 0.15) is 6.10 Å². The number of benzene rings is 2. The van der Waals surface area contributed by atoms with Crippen molar-refractivity contribution in [2.75, 3.05) is 0 Å². The molecule has 3 rings (SSSR count). The Morgan fingerprint density at radius 1 is 1.13 bits per heavy atom. The summed E-state index contributed by atoms with van der Waals surface area (Å²) >= 11 is 6.00. The molecule has 0 radical (unpaired) electrons. The minimum absolute atomic E-state index is 0.172. The summed E-state index contributed by atoms with van der Waals surface area (Å²) in [5.74, 6) is 1.03. The van der Waals surface area contributed by atoms with E-state index in [0.717, 1.165) is 5.56 Å². The van der Waals surface area contributed by atoms with Crippen molar-refractivity contribution in [3.63, 3.8) is 0 Å². The number of hydrogen-bond donors (Lipinski definition) is 1. The lowest BCUT2D eigenvalue weighted by molar-refractivity contribution is -0.134. The summed E-state index contributed by atoms with van der Waals surface area (Å²) in [5, 5.41) is 3.59. The van der Waals surface area contributed by atoms with Crippen LogP contribution < -0.4 is 14.8 Å². The summed E-state index contributed by atoms with van der Waals surface area (Å²) in [7, 11) is 0. The monoisotopic (exact) mass is 331 g/mol. The Morgan fingerprint density at radius 2 is 1.83 bits per heavy atom. The third-order valence-corrected chi connectivity index (χ3v) is 4.04. The molecule has 120 valence electrons. The normalized spacial score (nSPS) is 20.7. The van der Waals surface area contributed by atoms with E-state index >= 15 is 0 Å². The Balaban J connectivity index is 1.71. The number of carbonyl (C=O) groups is 1. The minimum atomic E-state index is -0.688. The van der Waals surface area contributed by atoms with Crippen molar-refractivity contribution in [3.8, 4) is 11.5 Å². The van der Waals surface area contributed by atoms with Crippen LogP contribution in [0.1, 0.15) is 25.5 Å². The molecule has 4 nitrogen and oxygen atoms in total. The fraction of sp³-hybridized carbons (Fsp3) is 0.278.